The van der Waals surface area contributed by atoms with Crippen molar-refractivity contribution >= 4 is 11.6 Å². The highest BCUT2D eigenvalue weighted by Gasteiger charge is 2.34. The lowest BCUT2D eigenvalue weighted by Gasteiger charge is -2.14. The predicted molar refractivity (Wildman–Crippen MR) is 60.1 cm³/mol. The van der Waals surface area contributed by atoms with Crippen LogP contribution >= 0.6 is 11.6 Å². The van der Waals surface area contributed by atoms with Crippen LogP contribution in [0.4, 0.5) is 13.2 Å². The Morgan fingerprint density at radius 1 is 1.24 bits per heavy atom. The summed E-state index contributed by atoms with van der Waals surface area (Å²) in [7, 11) is 0. The molecular formula is C11H13ClF3NO. The molecule has 0 aliphatic rings. The van der Waals surface area contributed by atoms with Gasteiger partial charge >= 0.3 is 6.18 Å². The van der Waals surface area contributed by atoms with E-state index < -0.39 is 17.5 Å². The molecule has 96 valence electrons. The number of benzene rings is 1. The molecule has 0 radical (unpaired) electrons. The normalized spacial score (nSPS) is 11.8. The zero-order valence-corrected chi connectivity index (χ0v) is 9.78. The van der Waals surface area contributed by atoms with Gasteiger partial charge in [-0.05, 0) is 43.5 Å². The molecule has 0 saturated heterocycles. The van der Waals surface area contributed by atoms with E-state index >= 15 is 0 Å². The predicted octanol–water partition coefficient (Wildman–Crippen LogP) is 3.35. The topological polar surface area (TPSA) is 46.2 Å². The molecule has 6 heteroatoms. The van der Waals surface area contributed by atoms with Crippen molar-refractivity contribution in [3.05, 3.63) is 28.3 Å². The van der Waals surface area contributed by atoms with Gasteiger partial charge in [0.05, 0.1) is 10.6 Å². The van der Waals surface area contributed by atoms with Crippen LogP contribution in [0.5, 0.6) is 5.75 Å². The lowest BCUT2D eigenvalue weighted by atomic mass is 10.0. The van der Waals surface area contributed by atoms with Gasteiger partial charge in [0.15, 0.2) is 0 Å². The highest BCUT2D eigenvalue weighted by molar-refractivity contribution is 6.32. The van der Waals surface area contributed by atoms with Gasteiger partial charge in [-0.2, -0.15) is 13.2 Å². The van der Waals surface area contributed by atoms with E-state index in [1.54, 1.807) is 0 Å². The maximum absolute atomic E-state index is 12.7. The van der Waals surface area contributed by atoms with Crippen molar-refractivity contribution in [2.75, 3.05) is 6.54 Å². The van der Waals surface area contributed by atoms with Gasteiger partial charge < -0.3 is 10.8 Å². The van der Waals surface area contributed by atoms with Gasteiger partial charge in [0.1, 0.15) is 5.75 Å². The summed E-state index contributed by atoms with van der Waals surface area (Å²) in [6, 6.07) is 1.83. The third-order valence-electron chi connectivity index (χ3n) is 2.38. The van der Waals surface area contributed by atoms with E-state index in [0.29, 0.717) is 25.5 Å². The van der Waals surface area contributed by atoms with Crippen molar-refractivity contribution in [2.24, 2.45) is 5.73 Å². The Morgan fingerprint density at radius 3 is 2.41 bits per heavy atom. The molecule has 0 aliphatic heterocycles. The zero-order chi connectivity index (χ0) is 13.1. The number of nitrogens with two attached hydrogens (primary N) is 1. The van der Waals surface area contributed by atoms with Gasteiger partial charge in [-0.25, -0.2) is 0 Å². The van der Waals surface area contributed by atoms with Crippen LogP contribution in [0.2, 0.25) is 5.02 Å². The number of unbranched alkanes of at least 4 members (excludes halogenated alkanes) is 1. The van der Waals surface area contributed by atoms with Crippen molar-refractivity contribution < 1.29 is 18.3 Å². The third-order valence-corrected chi connectivity index (χ3v) is 2.68. The van der Waals surface area contributed by atoms with Gasteiger partial charge in [-0.3, -0.25) is 0 Å². The Labute approximate surface area is 102 Å². The monoisotopic (exact) mass is 267 g/mol. The fourth-order valence-corrected chi connectivity index (χ4v) is 1.72. The molecular weight excluding hydrogens is 255 g/mol. The second kappa shape index (κ2) is 5.60. The van der Waals surface area contributed by atoms with Crippen LogP contribution < -0.4 is 5.73 Å². The molecule has 0 spiro atoms. The van der Waals surface area contributed by atoms with E-state index in [1.807, 2.05) is 0 Å². The molecule has 0 unspecified atom stereocenters. The van der Waals surface area contributed by atoms with Gasteiger partial charge in [0.25, 0.3) is 0 Å². The summed E-state index contributed by atoms with van der Waals surface area (Å²) < 4.78 is 38.1. The molecule has 17 heavy (non-hydrogen) atoms. The smallest absolute Gasteiger partial charge is 0.416 e. The van der Waals surface area contributed by atoms with E-state index in [1.165, 1.54) is 0 Å². The standard InChI is InChI=1S/C11H13ClF3NO/c12-9-5-7(3-1-2-4-16)8(6-10(9)17)11(13,14)15/h5-6,17H,1-4,16H2. The number of rotatable bonds is 4. The van der Waals surface area contributed by atoms with E-state index in [0.717, 1.165) is 6.07 Å². The lowest BCUT2D eigenvalue weighted by Crippen LogP contribution is -2.10. The number of aromatic hydroxyl groups is 1. The largest absolute Gasteiger partial charge is 0.506 e. The fraction of sp³-hybridized carbons (Fsp3) is 0.455. The van der Waals surface area contributed by atoms with Gasteiger partial charge in [-0.1, -0.05) is 11.6 Å². The van der Waals surface area contributed by atoms with Crippen molar-refractivity contribution in [1.29, 1.82) is 0 Å². The minimum Gasteiger partial charge on any atom is -0.506 e. The Kier molecular flexibility index (Phi) is 4.65. The fourth-order valence-electron chi connectivity index (χ4n) is 1.53. The minimum atomic E-state index is -4.49. The van der Waals surface area contributed by atoms with Crippen LogP contribution in [0, 0.1) is 0 Å². The summed E-state index contributed by atoms with van der Waals surface area (Å²) in [5, 5.41) is 9.14. The molecule has 1 rings (SSSR count). The first kappa shape index (κ1) is 14.1. The first-order valence-electron chi connectivity index (χ1n) is 5.15. The van der Waals surface area contributed by atoms with Crippen LogP contribution in [0.25, 0.3) is 0 Å². The van der Waals surface area contributed by atoms with E-state index in [-0.39, 0.29) is 17.0 Å². The van der Waals surface area contributed by atoms with Crippen LogP contribution in [-0.4, -0.2) is 11.7 Å². The van der Waals surface area contributed by atoms with Crippen molar-refractivity contribution in [1.82, 2.24) is 0 Å². The molecule has 1 aromatic rings. The Balaban J connectivity index is 3.04. The van der Waals surface area contributed by atoms with Gasteiger partial charge in [0, 0.05) is 0 Å². The minimum absolute atomic E-state index is 0.0688. The summed E-state index contributed by atoms with van der Waals surface area (Å²) >= 11 is 5.61. The summed E-state index contributed by atoms with van der Waals surface area (Å²) in [6.45, 7) is 0.438. The number of hydrogen-bond acceptors (Lipinski definition) is 2. The van der Waals surface area contributed by atoms with Crippen LogP contribution in [0.1, 0.15) is 24.0 Å². The number of phenolic OH excluding ortho intramolecular Hbond substituents is 1. The number of alkyl halides is 3. The van der Waals surface area contributed by atoms with Crippen LogP contribution in [0.15, 0.2) is 12.1 Å². The molecule has 0 aliphatic carbocycles. The summed E-state index contributed by atoms with van der Waals surface area (Å²) in [5.74, 6) is -0.554. The number of aryl methyl sites for hydroxylation is 1. The molecule has 0 heterocycles. The third kappa shape index (κ3) is 3.78. The second-order valence-corrected chi connectivity index (χ2v) is 4.11. The Morgan fingerprint density at radius 2 is 1.88 bits per heavy atom. The van der Waals surface area contributed by atoms with E-state index in [2.05, 4.69) is 0 Å². The van der Waals surface area contributed by atoms with Gasteiger partial charge in [-0.15, -0.1) is 0 Å². The zero-order valence-electron chi connectivity index (χ0n) is 9.02. The molecule has 0 amide bonds. The molecule has 1 aromatic carbocycles. The Hall–Kier alpha value is -0.940. The quantitative estimate of drug-likeness (QED) is 0.822. The SMILES string of the molecule is NCCCCc1cc(Cl)c(O)cc1C(F)(F)F. The van der Waals surface area contributed by atoms with E-state index in [9.17, 15) is 18.3 Å². The molecule has 2 nitrogen and oxygen atoms in total. The summed E-state index contributed by atoms with van der Waals surface area (Å²) in [4.78, 5) is 0. The van der Waals surface area contributed by atoms with Crippen molar-refractivity contribution in [3.8, 4) is 5.75 Å². The average Bonchev–Trinajstić information content (AvgIpc) is 2.21. The number of hydrogen-bond donors (Lipinski definition) is 2. The highest BCUT2D eigenvalue weighted by atomic mass is 35.5. The number of halogens is 4. The summed E-state index contributed by atoms with van der Waals surface area (Å²) in [5.41, 5.74) is 4.54. The van der Waals surface area contributed by atoms with E-state index in [4.69, 9.17) is 17.3 Å². The van der Waals surface area contributed by atoms with Crippen LogP contribution in [0.3, 0.4) is 0 Å². The molecule has 3 N–H and O–H groups in total. The lowest BCUT2D eigenvalue weighted by molar-refractivity contribution is -0.138. The molecule has 0 atom stereocenters. The maximum Gasteiger partial charge on any atom is 0.416 e. The van der Waals surface area contributed by atoms with Gasteiger partial charge in [0.2, 0.25) is 0 Å². The first-order valence-corrected chi connectivity index (χ1v) is 5.52. The maximum atomic E-state index is 12.7. The number of phenols is 1. The average molecular weight is 268 g/mol. The summed E-state index contributed by atoms with van der Waals surface area (Å²) in [6.07, 6.45) is -3.04. The molecule has 0 bridgehead atoms. The molecule has 0 aromatic heterocycles. The first-order chi connectivity index (χ1) is 7.86. The second-order valence-electron chi connectivity index (χ2n) is 3.70. The molecule has 0 fully saturated rings. The van der Waals surface area contributed by atoms with Crippen molar-refractivity contribution in [2.45, 2.75) is 25.4 Å². The Bertz CT molecular complexity index is 393. The van der Waals surface area contributed by atoms with Crippen LogP contribution in [-0.2, 0) is 12.6 Å². The molecule has 0 saturated carbocycles. The van der Waals surface area contributed by atoms with Crippen molar-refractivity contribution in [3.63, 3.8) is 0 Å². The highest BCUT2D eigenvalue weighted by Crippen LogP contribution is 2.37.